The van der Waals surface area contributed by atoms with Crippen molar-refractivity contribution in [2.75, 3.05) is 33.7 Å². The lowest BCUT2D eigenvalue weighted by Gasteiger charge is -2.39. The molecule has 40 heavy (non-hydrogen) atoms. The Labute approximate surface area is 211 Å². The molecule has 0 bridgehead atoms. The molecule has 0 aliphatic carbocycles. The molecule has 1 N–H and O–H groups in total. The average Bonchev–Trinajstić information content (AvgIpc) is 2.67. The van der Waals surface area contributed by atoms with Gasteiger partial charge in [0.1, 0.15) is 6.54 Å². The topological polar surface area (TPSA) is 95.5 Å². The van der Waals surface area contributed by atoms with Gasteiger partial charge < -0.3 is 14.4 Å². The van der Waals surface area contributed by atoms with Crippen molar-refractivity contribution in [1.29, 1.82) is 0 Å². The summed E-state index contributed by atoms with van der Waals surface area (Å²) >= 11 is 0. The lowest BCUT2D eigenvalue weighted by atomic mass is 10.1. The van der Waals surface area contributed by atoms with Crippen molar-refractivity contribution in [3.05, 3.63) is 0 Å². The number of quaternary nitrogens is 1. The number of carboxylic acid groups (broad SMARTS) is 1. The number of hydrogen-bond donors (Lipinski definition) is 1. The smallest absolute Gasteiger partial charge is 0.460 e. The van der Waals surface area contributed by atoms with Gasteiger partial charge >= 0.3 is 47.3 Å². The average molecular weight is 658 g/mol. The van der Waals surface area contributed by atoms with Crippen LogP contribution >= 0.6 is 0 Å². The van der Waals surface area contributed by atoms with Gasteiger partial charge in [0.2, 0.25) is 0 Å². The second-order valence-corrected chi connectivity index (χ2v) is 10.2. The minimum absolute atomic E-state index is 0.480. The predicted octanol–water partition coefficient (Wildman–Crippen LogP) is 3.02. The van der Waals surface area contributed by atoms with Gasteiger partial charge in [0.05, 0.1) is 26.6 Å². The molecule has 0 aromatic carbocycles. The van der Waals surface area contributed by atoms with E-state index in [9.17, 15) is 93.0 Å². The molecule has 0 aliphatic rings. The lowest BCUT2D eigenvalue weighted by Crippen LogP contribution is -2.69. The standard InChI is InChI=1S/C15H15F17N2O5S/c1-34(2,6-7(35)36)5-3-4-33-40(37,38)15(31,32)11(22,23)10(20,21)14(29,30)39-13(27,28)9(18,19)8(16,17)12(24,25)26/h33H,3-6H2,1-2H3. The lowest BCUT2D eigenvalue weighted by molar-refractivity contribution is -0.884. The van der Waals surface area contributed by atoms with Crippen molar-refractivity contribution in [1.82, 2.24) is 4.72 Å². The zero-order valence-corrected chi connectivity index (χ0v) is 20.0. The van der Waals surface area contributed by atoms with Gasteiger partial charge in [-0.2, -0.15) is 74.6 Å². The van der Waals surface area contributed by atoms with E-state index in [2.05, 4.69) is 0 Å². The first-order valence-corrected chi connectivity index (χ1v) is 11.0. The number of carbonyl (C=O) groups is 1. The summed E-state index contributed by atoms with van der Waals surface area (Å²) in [6.45, 7) is -2.69. The fourth-order valence-electron chi connectivity index (χ4n) is 2.42. The van der Waals surface area contributed by atoms with Crippen molar-refractivity contribution in [3.8, 4) is 0 Å². The largest absolute Gasteiger partial charge is 0.544 e. The Morgan fingerprint density at radius 2 is 1.10 bits per heavy atom. The number of carboxylic acids is 1. The number of likely N-dealkylation sites (N-methyl/N-ethyl adjacent to an activating group) is 1. The van der Waals surface area contributed by atoms with Crippen LogP contribution in [0.5, 0.6) is 0 Å². The fourth-order valence-corrected chi connectivity index (χ4v) is 3.48. The molecule has 25 heteroatoms. The van der Waals surface area contributed by atoms with E-state index in [0.29, 0.717) is 4.72 Å². The van der Waals surface area contributed by atoms with Crippen LogP contribution in [0.15, 0.2) is 0 Å². The zero-order chi connectivity index (χ0) is 32.8. The third-order valence-electron chi connectivity index (χ3n) is 4.62. The minimum atomic E-state index is -8.33. The van der Waals surface area contributed by atoms with Gasteiger partial charge in [-0.1, -0.05) is 0 Å². The molecule has 0 fully saturated rings. The second kappa shape index (κ2) is 10.7. The van der Waals surface area contributed by atoms with Gasteiger partial charge in [-0.25, -0.2) is 17.9 Å². The third-order valence-corrected chi connectivity index (χ3v) is 6.14. The predicted molar refractivity (Wildman–Crippen MR) is 90.2 cm³/mol. The van der Waals surface area contributed by atoms with Crippen LogP contribution in [0.4, 0.5) is 74.6 Å². The highest BCUT2D eigenvalue weighted by Crippen LogP contribution is 2.59. The maximum Gasteiger partial charge on any atom is 0.460 e. The van der Waals surface area contributed by atoms with Crippen LogP contribution in [0.3, 0.4) is 0 Å². The second-order valence-electron chi connectivity index (χ2n) is 8.39. The molecule has 0 radical (unpaired) electrons. The van der Waals surface area contributed by atoms with Gasteiger partial charge in [0.15, 0.2) is 0 Å². The van der Waals surface area contributed by atoms with Gasteiger partial charge in [-0.3, -0.25) is 0 Å². The van der Waals surface area contributed by atoms with E-state index in [1.54, 1.807) is 0 Å². The van der Waals surface area contributed by atoms with Crippen LogP contribution in [0.1, 0.15) is 6.42 Å². The summed E-state index contributed by atoms with van der Waals surface area (Å²) in [6.07, 6.45) is -24.8. The summed E-state index contributed by atoms with van der Waals surface area (Å²) in [4.78, 5) is 10.5. The van der Waals surface area contributed by atoms with Crippen LogP contribution in [0, 0.1) is 0 Å². The number of hydrogen-bond acceptors (Lipinski definition) is 5. The molecule has 0 aliphatic heterocycles. The number of sulfonamides is 1. The van der Waals surface area contributed by atoms with E-state index in [0.717, 1.165) is 14.1 Å². The van der Waals surface area contributed by atoms with Crippen molar-refractivity contribution in [2.24, 2.45) is 0 Å². The van der Waals surface area contributed by atoms with E-state index in [1.165, 1.54) is 4.74 Å². The molecule has 0 spiro atoms. The SMILES string of the molecule is C[N+](C)(CCCNS(=O)(=O)C(F)(F)C(F)(F)C(F)(F)C(F)(F)OC(F)(F)C(F)(F)C(F)(F)C(F)(F)F)CC(=O)[O-]. The molecule has 0 atom stereocenters. The van der Waals surface area contributed by atoms with Crippen LogP contribution in [0.2, 0.25) is 0 Å². The van der Waals surface area contributed by atoms with Crippen molar-refractivity contribution < 1.29 is 102 Å². The Bertz CT molecular complexity index is 1030. The molecule has 0 aromatic heterocycles. The van der Waals surface area contributed by atoms with Crippen LogP contribution in [0.25, 0.3) is 0 Å². The summed E-state index contributed by atoms with van der Waals surface area (Å²) < 4.78 is 247. The van der Waals surface area contributed by atoms with Gasteiger partial charge in [-0.15, -0.1) is 0 Å². The maximum absolute atomic E-state index is 13.9. The number of aliphatic carboxylic acids is 1. The summed E-state index contributed by atoms with van der Waals surface area (Å²) in [5.74, 6) is -34.5. The quantitative estimate of drug-likeness (QED) is 0.166. The number of carbonyl (C=O) groups excluding carboxylic acids is 1. The number of ether oxygens (including phenoxy) is 1. The van der Waals surface area contributed by atoms with E-state index in [4.69, 9.17) is 0 Å². The van der Waals surface area contributed by atoms with E-state index < -0.39 is 93.9 Å². The molecule has 0 aromatic rings. The molecule has 0 saturated carbocycles. The Balaban J connectivity index is 6.17. The first kappa shape index (κ1) is 38.1. The van der Waals surface area contributed by atoms with Gasteiger partial charge in [0.25, 0.3) is 10.0 Å². The highest BCUT2D eigenvalue weighted by Gasteiger charge is 2.89. The van der Waals surface area contributed by atoms with Gasteiger partial charge in [0, 0.05) is 13.0 Å². The number of rotatable bonds is 15. The first-order valence-electron chi connectivity index (χ1n) is 9.50. The molecule has 0 heterocycles. The van der Waals surface area contributed by atoms with Crippen LogP contribution in [-0.2, 0) is 19.6 Å². The summed E-state index contributed by atoms with van der Waals surface area (Å²) in [7, 11) is -5.01. The first-order chi connectivity index (χ1) is 17.1. The summed E-state index contributed by atoms with van der Waals surface area (Å²) in [6, 6.07) is 0. The van der Waals surface area contributed by atoms with Crippen molar-refractivity contribution in [3.63, 3.8) is 0 Å². The van der Waals surface area contributed by atoms with E-state index in [1.807, 2.05) is 0 Å². The van der Waals surface area contributed by atoms with Gasteiger partial charge in [-0.05, 0) is 0 Å². The number of nitrogens with zero attached hydrogens (tertiary/aromatic N) is 1. The molecule has 0 saturated heterocycles. The Morgan fingerprint density at radius 1 is 0.725 bits per heavy atom. The number of nitrogens with one attached hydrogen (secondary N) is 1. The van der Waals surface area contributed by atoms with Crippen LogP contribution in [-0.4, -0.2) is 99.9 Å². The molecule has 7 nitrogen and oxygen atoms in total. The molecule has 240 valence electrons. The number of halogens is 17. The Morgan fingerprint density at radius 3 is 1.45 bits per heavy atom. The highest BCUT2D eigenvalue weighted by molar-refractivity contribution is 7.90. The zero-order valence-electron chi connectivity index (χ0n) is 19.2. The Hall–Kier alpha value is -1.89. The van der Waals surface area contributed by atoms with E-state index >= 15 is 0 Å². The molecular weight excluding hydrogens is 643 g/mol. The summed E-state index contributed by atoms with van der Waals surface area (Å²) in [5.41, 5.74) is 0. The van der Waals surface area contributed by atoms with Crippen molar-refractivity contribution >= 4 is 16.0 Å². The molecule has 0 rings (SSSR count). The Kier molecular flexibility index (Phi) is 10.2. The minimum Gasteiger partial charge on any atom is -0.544 e. The molecule has 0 amide bonds. The maximum atomic E-state index is 13.9. The number of alkyl halides is 17. The van der Waals surface area contributed by atoms with Crippen molar-refractivity contribution in [2.45, 2.75) is 53.8 Å². The normalized spacial score (nSPS) is 15.9. The third kappa shape index (κ3) is 6.77. The summed E-state index contributed by atoms with van der Waals surface area (Å²) in [5, 5.41) is 3.05. The molecular formula is C15H15F17N2O5S. The van der Waals surface area contributed by atoms with Crippen LogP contribution < -0.4 is 9.83 Å². The highest BCUT2D eigenvalue weighted by atomic mass is 32.2. The van der Waals surface area contributed by atoms with E-state index in [-0.39, 0.29) is 0 Å². The fraction of sp³-hybridized carbons (Fsp3) is 0.933. The monoisotopic (exact) mass is 658 g/mol. The molecule has 0 unspecified atom stereocenters.